The summed E-state index contributed by atoms with van der Waals surface area (Å²) in [6, 6.07) is 44.1. The zero-order valence-corrected chi connectivity index (χ0v) is 68.9. The number of benzene rings is 4. The molecule has 4 aromatic carbocycles. The maximum atomic E-state index is 10.8. The molecule has 12 rings (SSSR count). The van der Waals surface area contributed by atoms with Crippen molar-refractivity contribution in [1.82, 2.24) is 39.9 Å². The number of carbonyl (C=O) groups is 8. The summed E-state index contributed by atoms with van der Waals surface area (Å²) in [5.41, 5.74) is 43.5. The van der Waals surface area contributed by atoms with E-state index < -0.39 is 87.7 Å². The zero-order chi connectivity index (χ0) is 84.9. The Balaban J connectivity index is 0. The maximum Gasteiger partial charge on any atom is 1.00 e. The first-order chi connectivity index (χ1) is 53.8. The second kappa shape index (κ2) is 56.4. The number of carbonyl (C=O) groups excluding carboxylic acids is 8. The second-order valence-corrected chi connectivity index (χ2v) is 26.2. The molecule has 0 saturated carbocycles. The molecule has 0 radical (unpaired) electrons. The third-order valence-corrected chi connectivity index (χ3v) is 16.0. The van der Waals surface area contributed by atoms with Gasteiger partial charge < -0.3 is 73.6 Å². The van der Waals surface area contributed by atoms with Crippen LogP contribution >= 0.6 is 0 Å². The summed E-state index contributed by atoms with van der Waals surface area (Å²) in [7, 11) is -18.1. The molecule has 118 heavy (non-hydrogen) atoms. The van der Waals surface area contributed by atoms with Crippen LogP contribution in [0.3, 0.4) is 0 Å². The summed E-state index contributed by atoms with van der Waals surface area (Å²) in [5, 5.41) is 0. The molecule has 8 heterocycles. The van der Waals surface area contributed by atoms with Gasteiger partial charge in [-0.2, -0.15) is 0 Å². The first-order valence-electron chi connectivity index (χ1n) is 30.9. The largest absolute Gasteiger partial charge is 1.00 e. The standard InChI is InChI=1S/2C12H10O7S2.8C6H6N2O.4Ag/c2*13-20(14,15)11-5-1-9(2-6-11)19-10-3-7-12(8-4-10)21(16,17)18;8*7-6(9)5-1-3-8-4-2-5;;;;/h2*1-8H,(H,13,14,15)(H,16,17,18);8*1-4H,(H2,7,9);;;;/q;;;;;;;;;;4*+1/p-4. The van der Waals surface area contributed by atoms with Gasteiger partial charge in [-0.05, 0) is 194 Å². The van der Waals surface area contributed by atoms with Crippen LogP contribution in [0.4, 0.5) is 0 Å². The van der Waals surface area contributed by atoms with Crippen LogP contribution < -0.4 is 55.3 Å². The van der Waals surface area contributed by atoms with E-state index in [9.17, 15) is 90.2 Å². The van der Waals surface area contributed by atoms with Crippen molar-refractivity contribution in [3.63, 3.8) is 0 Å². The van der Waals surface area contributed by atoms with Crippen molar-refractivity contribution in [2.45, 2.75) is 19.6 Å². The van der Waals surface area contributed by atoms with E-state index in [2.05, 4.69) is 39.9 Å². The van der Waals surface area contributed by atoms with Crippen molar-refractivity contribution >= 4 is 87.7 Å². The summed E-state index contributed by atoms with van der Waals surface area (Å²) >= 11 is 0. The summed E-state index contributed by atoms with van der Waals surface area (Å²) in [4.78, 5) is 111. The Morgan fingerprint density at radius 3 is 0.356 bits per heavy atom. The van der Waals surface area contributed by atoms with Gasteiger partial charge in [0.2, 0.25) is 47.3 Å². The zero-order valence-electron chi connectivity index (χ0n) is 59.7. The maximum absolute atomic E-state index is 10.8. The molecule has 46 heteroatoms. The minimum absolute atomic E-state index is 0. The van der Waals surface area contributed by atoms with Crippen LogP contribution in [0.2, 0.25) is 0 Å². The molecule has 0 spiro atoms. The van der Waals surface area contributed by atoms with E-state index in [1.165, 1.54) is 148 Å². The van der Waals surface area contributed by atoms with Gasteiger partial charge in [0.05, 0.1) is 19.6 Å². The van der Waals surface area contributed by atoms with E-state index in [1.807, 2.05) is 0 Å². The molecule has 0 aliphatic rings. The minimum Gasteiger partial charge on any atom is -0.744 e. The third kappa shape index (κ3) is 45.4. The van der Waals surface area contributed by atoms with Gasteiger partial charge in [0.25, 0.3) is 0 Å². The number of rotatable bonds is 16. The Morgan fingerprint density at radius 2 is 0.288 bits per heavy atom. The fraction of sp³-hybridized carbons (Fsp3) is 0. The minimum atomic E-state index is -4.52. The van der Waals surface area contributed by atoms with Crippen LogP contribution in [0.5, 0.6) is 23.0 Å². The second-order valence-electron chi connectivity index (χ2n) is 20.7. The molecule has 8 aromatic heterocycles. The van der Waals surface area contributed by atoms with E-state index in [1.54, 1.807) is 97.1 Å². The number of hydrogen-bond donors (Lipinski definition) is 8. The van der Waals surface area contributed by atoms with E-state index in [-0.39, 0.29) is 132 Å². The Bertz CT molecular complexity index is 4660. The number of amides is 8. The van der Waals surface area contributed by atoms with Crippen LogP contribution in [-0.4, -0.2) is 139 Å². The molecule has 0 aliphatic carbocycles. The summed E-state index contributed by atoms with van der Waals surface area (Å²) < 4.78 is 140. The van der Waals surface area contributed by atoms with Crippen LogP contribution in [-0.2, 0) is 130 Å². The molecule has 632 valence electrons. The number of primary amides is 8. The number of pyridine rings is 8. The summed E-state index contributed by atoms with van der Waals surface area (Å²) in [6.07, 6.45) is 24.4. The van der Waals surface area contributed by atoms with Crippen LogP contribution in [0.1, 0.15) is 82.9 Å². The number of nitrogens with two attached hydrogens (primary N) is 8. The van der Waals surface area contributed by atoms with Crippen LogP contribution in [0.15, 0.2) is 313 Å². The molecular weight excluding hydrogens is 2000 g/mol. The first kappa shape index (κ1) is 108. The predicted molar refractivity (Wildman–Crippen MR) is 400 cm³/mol. The van der Waals surface area contributed by atoms with Gasteiger partial charge in [-0.25, -0.2) is 33.7 Å². The van der Waals surface area contributed by atoms with Crippen LogP contribution in [0, 0.1) is 0 Å². The van der Waals surface area contributed by atoms with E-state index in [0.29, 0.717) is 44.5 Å². The van der Waals surface area contributed by atoms with Gasteiger partial charge >= 0.3 is 89.5 Å². The van der Waals surface area contributed by atoms with Gasteiger partial charge in [0, 0.05) is 144 Å². The SMILES string of the molecule is NC(=O)c1ccncc1.NC(=O)c1ccncc1.NC(=O)c1ccncc1.NC(=O)c1ccncc1.NC(=O)c1ccncc1.NC(=O)c1ccncc1.NC(=O)c1ccncc1.NC(=O)c1ccncc1.O=S(=O)([O-])c1ccc(Oc2ccc(S(=O)(=O)[O-])cc2)cc1.O=S(=O)([O-])c1ccc(Oc2ccc(S(=O)(=O)[O-])cc2)cc1.[Ag+].[Ag+].[Ag+].[Ag+]. The van der Waals surface area contributed by atoms with Crippen molar-refractivity contribution in [2.75, 3.05) is 0 Å². The first-order valence-corrected chi connectivity index (χ1v) is 36.6. The molecular formula is C72H64Ag4N16O22S4. The van der Waals surface area contributed by atoms with E-state index in [4.69, 9.17) is 55.3 Å². The van der Waals surface area contributed by atoms with Gasteiger partial charge in [-0.1, -0.05) is 0 Å². The molecule has 0 fully saturated rings. The van der Waals surface area contributed by atoms with Crippen molar-refractivity contribution < 1.29 is 189 Å². The molecule has 0 saturated heterocycles. The third-order valence-electron chi connectivity index (χ3n) is 12.6. The van der Waals surface area contributed by atoms with Crippen molar-refractivity contribution in [3.05, 3.63) is 338 Å². The molecule has 0 bridgehead atoms. The predicted octanol–water partition coefficient (Wildman–Crippen LogP) is 4.01. The number of aromatic nitrogens is 8. The molecule has 0 unspecified atom stereocenters. The molecule has 12 aromatic rings. The number of hydrogen-bond acceptors (Lipinski definition) is 30. The smallest absolute Gasteiger partial charge is 0.744 e. The van der Waals surface area contributed by atoms with Gasteiger partial charge in [0.1, 0.15) is 63.5 Å². The molecule has 16 N–H and O–H groups in total. The fourth-order valence-electron chi connectivity index (χ4n) is 7.10. The van der Waals surface area contributed by atoms with Gasteiger partial charge in [0.15, 0.2) is 0 Å². The molecule has 8 amide bonds. The molecule has 0 aliphatic heterocycles. The number of nitrogens with zero attached hydrogens (tertiary/aromatic N) is 8. The van der Waals surface area contributed by atoms with E-state index >= 15 is 0 Å². The van der Waals surface area contributed by atoms with Crippen LogP contribution in [0.25, 0.3) is 0 Å². The monoisotopic (exact) mass is 2060 g/mol. The van der Waals surface area contributed by atoms with E-state index in [0.717, 1.165) is 48.5 Å². The molecule has 0 atom stereocenters. The quantitative estimate of drug-likeness (QED) is 0.0500. The summed E-state index contributed by atoms with van der Waals surface area (Å²) in [6.45, 7) is 0. The Hall–Kier alpha value is -12.0. The Labute approximate surface area is 736 Å². The average Bonchev–Trinajstić information content (AvgIpc) is 0.844. The number of ether oxygens (including phenoxy) is 2. The Morgan fingerprint density at radius 1 is 0.195 bits per heavy atom. The van der Waals surface area contributed by atoms with Crippen molar-refractivity contribution in [1.29, 1.82) is 0 Å². The van der Waals surface area contributed by atoms with Gasteiger partial charge in [-0.3, -0.25) is 78.2 Å². The molecule has 38 nitrogen and oxygen atoms in total. The van der Waals surface area contributed by atoms with Crippen molar-refractivity contribution in [3.8, 4) is 23.0 Å². The Kier molecular flexibility index (Phi) is 51.6. The average molecular weight is 2070 g/mol. The van der Waals surface area contributed by atoms with Gasteiger partial charge in [-0.15, -0.1) is 0 Å². The van der Waals surface area contributed by atoms with Crippen molar-refractivity contribution in [2.24, 2.45) is 45.9 Å². The normalized spacial score (nSPS) is 9.73. The topological polar surface area (TPSA) is 695 Å². The fourth-order valence-corrected chi connectivity index (χ4v) is 8.98. The summed E-state index contributed by atoms with van der Waals surface area (Å²) in [5.74, 6) is -2.35.